The van der Waals surface area contributed by atoms with Crippen LogP contribution in [0, 0.1) is 0 Å². The molecule has 1 aromatic rings. The number of hydrogen-bond donors (Lipinski definition) is 0. The number of rotatable bonds is 3. The van der Waals surface area contributed by atoms with Gasteiger partial charge in [0.25, 0.3) is 0 Å². The summed E-state index contributed by atoms with van der Waals surface area (Å²) in [6, 6.07) is 10.5. The second-order valence-corrected chi connectivity index (χ2v) is 3.40. The van der Waals surface area contributed by atoms with Gasteiger partial charge < -0.3 is 4.74 Å². The largest absolute Gasteiger partial charge is 0.365 e. The Hall–Kier alpha value is -0.820. The molecule has 1 aliphatic rings. The molecule has 1 heteroatoms. The lowest BCUT2D eigenvalue weighted by Gasteiger charge is -2.09. The molecule has 0 aromatic heterocycles. The molecular formula is C11H14O. The van der Waals surface area contributed by atoms with Gasteiger partial charge >= 0.3 is 0 Å². The molecule has 0 unspecified atom stereocenters. The first kappa shape index (κ1) is 7.81. The van der Waals surface area contributed by atoms with Crippen LogP contribution < -0.4 is 0 Å². The van der Waals surface area contributed by atoms with Crippen molar-refractivity contribution in [2.75, 3.05) is 6.61 Å². The lowest BCUT2D eigenvalue weighted by molar-refractivity contribution is 0.291. The predicted molar refractivity (Wildman–Crippen MR) is 49.0 cm³/mol. The Morgan fingerprint density at radius 3 is 2.50 bits per heavy atom. The number of ether oxygens (including phenoxy) is 1. The van der Waals surface area contributed by atoms with Gasteiger partial charge in [0.1, 0.15) is 5.60 Å². The molecule has 0 radical (unpaired) electrons. The fourth-order valence-electron chi connectivity index (χ4n) is 1.69. The molecule has 2 rings (SSSR count). The van der Waals surface area contributed by atoms with E-state index in [2.05, 4.69) is 31.2 Å². The summed E-state index contributed by atoms with van der Waals surface area (Å²) in [7, 11) is 0. The van der Waals surface area contributed by atoms with E-state index in [-0.39, 0.29) is 5.60 Å². The minimum atomic E-state index is 0.0933. The summed E-state index contributed by atoms with van der Waals surface area (Å²) in [5.74, 6) is 0. The maximum Gasteiger partial charge on any atom is 0.117 e. The van der Waals surface area contributed by atoms with Gasteiger partial charge in [0, 0.05) is 0 Å². The van der Waals surface area contributed by atoms with Crippen molar-refractivity contribution in [3.8, 4) is 0 Å². The zero-order valence-corrected chi connectivity index (χ0v) is 7.42. The number of epoxide rings is 1. The van der Waals surface area contributed by atoms with E-state index in [1.54, 1.807) is 0 Å². The highest BCUT2D eigenvalue weighted by Crippen LogP contribution is 2.42. The first-order valence-corrected chi connectivity index (χ1v) is 4.57. The Morgan fingerprint density at radius 1 is 1.33 bits per heavy atom. The van der Waals surface area contributed by atoms with E-state index in [4.69, 9.17) is 4.74 Å². The molecular weight excluding hydrogens is 148 g/mol. The average Bonchev–Trinajstić information content (AvgIpc) is 2.88. The van der Waals surface area contributed by atoms with Crippen molar-refractivity contribution in [1.29, 1.82) is 0 Å². The van der Waals surface area contributed by atoms with E-state index in [1.807, 2.05) is 6.07 Å². The van der Waals surface area contributed by atoms with E-state index in [9.17, 15) is 0 Å². The third-order valence-corrected chi connectivity index (χ3v) is 2.45. The maximum atomic E-state index is 5.52. The summed E-state index contributed by atoms with van der Waals surface area (Å²) in [5.41, 5.74) is 1.43. The zero-order chi connectivity index (χ0) is 8.44. The van der Waals surface area contributed by atoms with Gasteiger partial charge in [-0.05, 0) is 12.0 Å². The molecule has 1 fully saturated rings. The van der Waals surface area contributed by atoms with Crippen molar-refractivity contribution < 1.29 is 4.74 Å². The van der Waals surface area contributed by atoms with Gasteiger partial charge in [0.2, 0.25) is 0 Å². The predicted octanol–water partition coefficient (Wildman–Crippen LogP) is 2.71. The van der Waals surface area contributed by atoms with Gasteiger partial charge in [-0.2, -0.15) is 0 Å². The summed E-state index contributed by atoms with van der Waals surface area (Å²) < 4.78 is 5.52. The van der Waals surface area contributed by atoms with Gasteiger partial charge in [-0.1, -0.05) is 43.7 Å². The van der Waals surface area contributed by atoms with Crippen molar-refractivity contribution in [2.45, 2.75) is 25.4 Å². The van der Waals surface area contributed by atoms with Crippen molar-refractivity contribution >= 4 is 0 Å². The summed E-state index contributed by atoms with van der Waals surface area (Å²) in [6.07, 6.45) is 2.34. The van der Waals surface area contributed by atoms with Crippen molar-refractivity contribution in [1.82, 2.24) is 0 Å². The summed E-state index contributed by atoms with van der Waals surface area (Å²) >= 11 is 0. The lowest BCUT2D eigenvalue weighted by atomic mass is 9.95. The molecule has 0 bridgehead atoms. The highest BCUT2D eigenvalue weighted by Gasteiger charge is 2.44. The quantitative estimate of drug-likeness (QED) is 0.622. The minimum Gasteiger partial charge on any atom is -0.365 e. The fourth-order valence-corrected chi connectivity index (χ4v) is 1.69. The van der Waals surface area contributed by atoms with E-state index in [0.717, 1.165) is 13.0 Å². The van der Waals surface area contributed by atoms with Crippen LogP contribution in [0.2, 0.25) is 0 Å². The molecule has 1 atom stereocenters. The molecule has 64 valence electrons. The van der Waals surface area contributed by atoms with Crippen molar-refractivity contribution in [3.63, 3.8) is 0 Å². The average molecular weight is 162 g/mol. The number of benzene rings is 1. The highest BCUT2D eigenvalue weighted by atomic mass is 16.6. The summed E-state index contributed by atoms with van der Waals surface area (Å²) in [4.78, 5) is 0. The molecule has 1 aliphatic heterocycles. The number of hydrogen-bond acceptors (Lipinski definition) is 1. The molecule has 0 aliphatic carbocycles. The topological polar surface area (TPSA) is 12.5 Å². The van der Waals surface area contributed by atoms with Crippen LogP contribution in [0.25, 0.3) is 0 Å². The van der Waals surface area contributed by atoms with E-state index < -0.39 is 0 Å². The molecule has 0 spiro atoms. The van der Waals surface area contributed by atoms with Crippen molar-refractivity contribution in [2.24, 2.45) is 0 Å². The Balaban J connectivity index is 2.19. The molecule has 1 aromatic carbocycles. The third kappa shape index (κ3) is 1.25. The molecule has 1 nitrogen and oxygen atoms in total. The van der Waals surface area contributed by atoms with Gasteiger partial charge in [0.15, 0.2) is 0 Å². The van der Waals surface area contributed by atoms with Crippen LogP contribution in [0.4, 0.5) is 0 Å². The molecule has 0 amide bonds. The van der Waals surface area contributed by atoms with Gasteiger partial charge in [-0.15, -0.1) is 0 Å². The molecule has 0 saturated carbocycles. The second kappa shape index (κ2) is 2.91. The SMILES string of the molecule is CCC[C@]1(c2ccccc2)CO1. The Bertz CT molecular complexity index is 249. The van der Waals surface area contributed by atoms with Crippen LogP contribution >= 0.6 is 0 Å². The van der Waals surface area contributed by atoms with E-state index >= 15 is 0 Å². The molecule has 0 N–H and O–H groups in total. The highest BCUT2D eigenvalue weighted by molar-refractivity contribution is 5.26. The van der Waals surface area contributed by atoms with E-state index in [1.165, 1.54) is 12.0 Å². The van der Waals surface area contributed by atoms with Crippen molar-refractivity contribution in [3.05, 3.63) is 35.9 Å². The van der Waals surface area contributed by atoms with Gasteiger partial charge in [0.05, 0.1) is 6.61 Å². The maximum absolute atomic E-state index is 5.52. The molecule has 1 saturated heterocycles. The van der Waals surface area contributed by atoms with Gasteiger partial charge in [-0.3, -0.25) is 0 Å². The van der Waals surface area contributed by atoms with Crippen LogP contribution in [0.15, 0.2) is 30.3 Å². The lowest BCUT2D eigenvalue weighted by Crippen LogP contribution is -2.07. The Morgan fingerprint density at radius 2 is 2.00 bits per heavy atom. The minimum absolute atomic E-state index is 0.0933. The standard InChI is InChI=1S/C11H14O/c1-2-8-11(9-12-11)10-6-4-3-5-7-10/h3-7H,2,8-9H2,1H3/t11-/m1/s1. The zero-order valence-electron chi connectivity index (χ0n) is 7.42. The summed E-state index contributed by atoms with van der Waals surface area (Å²) in [5, 5.41) is 0. The Kier molecular flexibility index (Phi) is 1.89. The summed E-state index contributed by atoms with van der Waals surface area (Å²) in [6.45, 7) is 3.11. The Labute approximate surface area is 73.4 Å². The molecule has 12 heavy (non-hydrogen) atoms. The molecule has 1 heterocycles. The first-order chi connectivity index (χ1) is 5.87. The van der Waals surface area contributed by atoms with E-state index in [0.29, 0.717) is 0 Å². The monoisotopic (exact) mass is 162 g/mol. The van der Waals surface area contributed by atoms with Crippen LogP contribution in [0.3, 0.4) is 0 Å². The normalized spacial score (nSPS) is 27.1. The van der Waals surface area contributed by atoms with Crippen LogP contribution in [0.1, 0.15) is 25.3 Å². The van der Waals surface area contributed by atoms with Crippen LogP contribution in [0.5, 0.6) is 0 Å². The first-order valence-electron chi connectivity index (χ1n) is 4.57. The second-order valence-electron chi connectivity index (χ2n) is 3.40. The fraction of sp³-hybridized carbons (Fsp3) is 0.455. The third-order valence-electron chi connectivity index (χ3n) is 2.45. The van der Waals surface area contributed by atoms with Gasteiger partial charge in [-0.25, -0.2) is 0 Å². The smallest absolute Gasteiger partial charge is 0.117 e. The van der Waals surface area contributed by atoms with Crippen LogP contribution in [-0.2, 0) is 10.3 Å². The van der Waals surface area contributed by atoms with Crippen LogP contribution in [-0.4, -0.2) is 6.61 Å².